The topological polar surface area (TPSA) is 87.3 Å². The average molecular weight is 388 g/mol. The lowest BCUT2D eigenvalue weighted by Crippen LogP contribution is -2.31. The van der Waals surface area contributed by atoms with Gasteiger partial charge in [-0.05, 0) is 68.5 Å². The highest BCUT2D eigenvalue weighted by Crippen LogP contribution is 2.58. The number of sulfonamides is 1. The van der Waals surface area contributed by atoms with E-state index in [-0.39, 0.29) is 34.5 Å². The van der Waals surface area contributed by atoms with Crippen molar-refractivity contribution in [2.24, 2.45) is 11.3 Å². The molecular formula is C17H26ClN3O3S. The molecule has 0 bridgehead atoms. The first-order chi connectivity index (χ1) is 11.5. The van der Waals surface area contributed by atoms with E-state index in [0.29, 0.717) is 12.2 Å². The van der Waals surface area contributed by atoms with Crippen LogP contribution in [0.4, 0.5) is 5.69 Å². The van der Waals surface area contributed by atoms with Gasteiger partial charge in [-0.25, -0.2) is 13.1 Å². The van der Waals surface area contributed by atoms with Gasteiger partial charge in [0.1, 0.15) is 0 Å². The Hall–Kier alpha value is -1.15. The van der Waals surface area contributed by atoms with E-state index in [1.165, 1.54) is 12.1 Å². The molecule has 25 heavy (non-hydrogen) atoms. The summed E-state index contributed by atoms with van der Waals surface area (Å²) in [4.78, 5) is 12.6. The molecular weight excluding hydrogens is 362 g/mol. The molecule has 1 spiro atoms. The molecule has 1 saturated carbocycles. The number of anilines is 1. The van der Waals surface area contributed by atoms with Crippen LogP contribution in [0.5, 0.6) is 0 Å². The molecule has 2 fully saturated rings. The summed E-state index contributed by atoms with van der Waals surface area (Å²) in [5.74, 6) is 0.144. The van der Waals surface area contributed by atoms with Crippen molar-refractivity contribution in [3.05, 3.63) is 24.3 Å². The normalized spacial score (nSPS) is 21.4. The van der Waals surface area contributed by atoms with E-state index in [1.807, 2.05) is 6.92 Å². The van der Waals surface area contributed by atoms with E-state index >= 15 is 0 Å². The molecule has 1 amide bonds. The van der Waals surface area contributed by atoms with E-state index in [2.05, 4.69) is 15.4 Å². The minimum Gasteiger partial charge on any atom is -0.326 e. The summed E-state index contributed by atoms with van der Waals surface area (Å²) >= 11 is 0. The van der Waals surface area contributed by atoms with Crippen LogP contribution >= 0.6 is 12.4 Å². The smallest absolute Gasteiger partial charge is 0.240 e. The minimum atomic E-state index is -3.46. The third-order valence-corrected chi connectivity index (χ3v) is 6.56. The molecule has 1 aliphatic heterocycles. The van der Waals surface area contributed by atoms with Gasteiger partial charge in [0.05, 0.1) is 4.90 Å². The summed E-state index contributed by atoms with van der Waals surface area (Å²) in [6.45, 7) is 4.30. The van der Waals surface area contributed by atoms with Gasteiger partial charge in [0, 0.05) is 18.2 Å². The molecule has 3 rings (SSSR count). The lowest BCUT2D eigenvalue weighted by molar-refractivity contribution is -0.118. The van der Waals surface area contributed by atoms with Crippen LogP contribution in [0.2, 0.25) is 0 Å². The van der Waals surface area contributed by atoms with Crippen LogP contribution in [-0.4, -0.2) is 34.0 Å². The van der Waals surface area contributed by atoms with E-state index in [4.69, 9.17) is 0 Å². The van der Waals surface area contributed by atoms with Gasteiger partial charge in [-0.15, -0.1) is 12.4 Å². The van der Waals surface area contributed by atoms with Crippen LogP contribution in [0.15, 0.2) is 29.2 Å². The van der Waals surface area contributed by atoms with Gasteiger partial charge in [0.2, 0.25) is 15.9 Å². The van der Waals surface area contributed by atoms with Crippen LogP contribution in [-0.2, 0) is 14.8 Å². The number of piperidine rings is 1. The summed E-state index contributed by atoms with van der Waals surface area (Å²) in [6.07, 6.45) is 3.83. The second-order valence-electron chi connectivity index (χ2n) is 6.78. The Balaban J connectivity index is 0.00000225. The summed E-state index contributed by atoms with van der Waals surface area (Å²) in [7, 11) is -3.46. The molecule has 0 aromatic heterocycles. The SMILES string of the molecule is CCCNS(=O)(=O)c1ccc(NC(=O)C2CC23CCNCC3)cc1.Cl. The molecule has 1 aromatic carbocycles. The number of carbonyl (C=O) groups excluding carboxylic acids is 1. The summed E-state index contributed by atoms with van der Waals surface area (Å²) < 4.78 is 26.6. The van der Waals surface area contributed by atoms with Crippen molar-refractivity contribution < 1.29 is 13.2 Å². The molecule has 0 radical (unpaired) electrons. The molecule has 6 nitrogen and oxygen atoms in total. The zero-order valence-corrected chi connectivity index (χ0v) is 16.0. The second-order valence-corrected chi connectivity index (χ2v) is 8.55. The van der Waals surface area contributed by atoms with Crippen molar-refractivity contribution in [1.82, 2.24) is 10.0 Å². The molecule has 1 aromatic rings. The van der Waals surface area contributed by atoms with Crippen molar-refractivity contribution in [3.63, 3.8) is 0 Å². The van der Waals surface area contributed by atoms with Crippen molar-refractivity contribution in [2.45, 2.75) is 37.5 Å². The first-order valence-corrected chi connectivity index (χ1v) is 10.1. The van der Waals surface area contributed by atoms with Gasteiger partial charge in [-0.1, -0.05) is 6.92 Å². The van der Waals surface area contributed by atoms with Gasteiger partial charge in [0.25, 0.3) is 0 Å². The summed E-state index contributed by atoms with van der Waals surface area (Å²) in [5, 5.41) is 6.25. The van der Waals surface area contributed by atoms with Crippen LogP contribution in [0.25, 0.3) is 0 Å². The van der Waals surface area contributed by atoms with E-state index in [0.717, 1.165) is 38.8 Å². The fourth-order valence-electron chi connectivity index (χ4n) is 3.46. The number of amides is 1. The molecule has 3 N–H and O–H groups in total. The number of benzene rings is 1. The highest BCUT2D eigenvalue weighted by Gasteiger charge is 2.57. The van der Waals surface area contributed by atoms with E-state index in [1.54, 1.807) is 12.1 Å². The van der Waals surface area contributed by atoms with Crippen LogP contribution in [0.1, 0.15) is 32.6 Å². The molecule has 2 aliphatic rings. The molecule has 1 heterocycles. The highest BCUT2D eigenvalue weighted by atomic mass is 35.5. The number of carbonyl (C=O) groups is 1. The van der Waals surface area contributed by atoms with Crippen LogP contribution < -0.4 is 15.4 Å². The van der Waals surface area contributed by atoms with E-state index in [9.17, 15) is 13.2 Å². The molecule has 1 saturated heterocycles. The fourth-order valence-corrected chi connectivity index (χ4v) is 4.60. The van der Waals surface area contributed by atoms with Crippen molar-refractivity contribution in [1.29, 1.82) is 0 Å². The fraction of sp³-hybridized carbons (Fsp3) is 0.588. The van der Waals surface area contributed by atoms with Gasteiger partial charge in [0.15, 0.2) is 0 Å². The number of hydrogen-bond acceptors (Lipinski definition) is 4. The highest BCUT2D eigenvalue weighted by molar-refractivity contribution is 7.89. The Morgan fingerprint density at radius 3 is 2.48 bits per heavy atom. The molecule has 140 valence electrons. The van der Waals surface area contributed by atoms with Crippen molar-refractivity contribution in [2.75, 3.05) is 25.0 Å². The van der Waals surface area contributed by atoms with Gasteiger partial charge < -0.3 is 10.6 Å². The van der Waals surface area contributed by atoms with Crippen molar-refractivity contribution in [3.8, 4) is 0 Å². The Bertz CT molecular complexity index is 700. The third-order valence-electron chi connectivity index (χ3n) is 5.08. The predicted molar refractivity (Wildman–Crippen MR) is 100 cm³/mol. The molecule has 8 heteroatoms. The lowest BCUT2D eigenvalue weighted by Gasteiger charge is -2.23. The Kier molecular flexibility index (Phi) is 6.48. The zero-order valence-electron chi connectivity index (χ0n) is 14.4. The monoisotopic (exact) mass is 387 g/mol. The van der Waals surface area contributed by atoms with E-state index < -0.39 is 10.0 Å². The lowest BCUT2D eigenvalue weighted by atomic mass is 9.92. The summed E-state index contributed by atoms with van der Waals surface area (Å²) in [5.41, 5.74) is 0.841. The first kappa shape index (κ1) is 20.2. The maximum Gasteiger partial charge on any atom is 0.240 e. The first-order valence-electron chi connectivity index (χ1n) is 8.58. The molecule has 1 aliphatic carbocycles. The van der Waals surface area contributed by atoms with Gasteiger partial charge in [-0.2, -0.15) is 0 Å². The zero-order chi connectivity index (χ0) is 17.2. The number of nitrogens with one attached hydrogen (secondary N) is 3. The average Bonchev–Trinajstić information content (AvgIpc) is 3.27. The Morgan fingerprint density at radius 2 is 1.88 bits per heavy atom. The standard InChI is InChI=1S/C17H25N3O3S.ClH/c1-2-9-19-24(22,23)14-5-3-13(4-6-14)20-16(21)15-12-17(15)7-10-18-11-8-17;/h3-6,15,18-19H,2,7-12H2,1H3,(H,20,21);1H. The maximum atomic E-state index is 12.4. The van der Waals surface area contributed by atoms with Crippen LogP contribution in [0.3, 0.4) is 0 Å². The molecule has 1 unspecified atom stereocenters. The van der Waals surface area contributed by atoms with Gasteiger partial charge >= 0.3 is 0 Å². The number of rotatable bonds is 6. The van der Waals surface area contributed by atoms with Crippen molar-refractivity contribution >= 4 is 34.0 Å². The number of hydrogen-bond donors (Lipinski definition) is 3. The minimum absolute atomic E-state index is 0. The predicted octanol–water partition coefficient (Wildman–Crippen LogP) is 2.12. The second kappa shape index (κ2) is 8.03. The third kappa shape index (κ3) is 4.53. The van der Waals surface area contributed by atoms with Gasteiger partial charge in [-0.3, -0.25) is 4.79 Å². The maximum absolute atomic E-state index is 12.4. The Morgan fingerprint density at radius 1 is 1.24 bits per heavy atom. The summed E-state index contributed by atoms with van der Waals surface area (Å²) in [6, 6.07) is 6.35. The Labute approximate surface area is 155 Å². The number of halogens is 1. The molecule has 1 atom stereocenters. The largest absolute Gasteiger partial charge is 0.326 e. The van der Waals surface area contributed by atoms with Crippen LogP contribution in [0, 0.1) is 11.3 Å². The quantitative estimate of drug-likeness (QED) is 0.697.